The lowest BCUT2D eigenvalue weighted by Crippen LogP contribution is -2.49. The van der Waals surface area contributed by atoms with Crippen LogP contribution < -0.4 is 8.85 Å². The summed E-state index contributed by atoms with van der Waals surface area (Å²) in [5.74, 6) is 0.722. The van der Waals surface area contributed by atoms with Gasteiger partial charge in [-0.25, -0.2) is 0 Å². The first-order valence-electron chi connectivity index (χ1n) is 5.09. The second kappa shape index (κ2) is 5.01. The lowest BCUT2D eigenvalue weighted by Gasteiger charge is -2.18. The lowest BCUT2D eigenvalue weighted by molar-refractivity contribution is 0.139. The first kappa shape index (κ1) is 11.7. The van der Waals surface area contributed by atoms with Crippen LogP contribution in [0.3, 0.4) is 0 Å². The van der Waals surface area contributed by atoms with E-state index in [1.54, 1.807) is 48.5 Å². The molecule has 0 atom stereocenters. The first-order valence-corrected chi connectivity index (χ1v) is 6.80. The zero-order valence-corrected chi connectivity index (χ0v) is 9.98. The molecule has 0 saturated heterocycles. The number of rotatable bonds is 4. The summed E-state index contributed by atoms with van der Waals surface area (Å²) in [7, 11) is -4.18. The van der Waals surface area contributed by atoms with Crippen molar-refractivity contribution in [3.8, 4) is 11.5 Å². The maximum Gasteiger partial charge on any atom is 0.815 e. The first-order chi connectivity index (χ1) is 8.16. The van der Waals surface area contributed by atoms with Crippen LogP contribution in [0.25, 0.3) is 0 Å². The van der Waals surface area contributed by atoms with Crippen molar-refractivity contribution in [3.63, 3.8) is 0 Å². The van der Waals surface area contributed by atoms with Crippen molar-refractivity contribution >= 4 is 9.05 Å². The quantitative estimate of drug-likeness (QED) is 0.806. The maximum absolute atomic E-state index is 9.67. The Kier molecular flexibility index (Phi) is 3.43. The van der Waals surface area contributed by atoms with Crippen molar-refractivity contribution in [2.75, 3.05) is 0 Å². The summed E-state index contributed by atoms with van der Waals surface area (Å²) in [6.45, 7) is 0. The third-order valence-electron chi connectivity index (χ3n) is 1.99. The van der Waals surface area contributed by atoms with Gasteiger partial charge in [0.15, 0.2) is 0 Å². The van der Waals surface area contributed by atoms with E-state index in [-0.39, 0.29) is 0 Å². The number of para-hydroxylation sites is 2. The van der Waals surface area contributed by atoms with Gasteiger partial charge in [-0.3, -0.25) is 0 Å². The van der Waals surface area contributed by atoms with Crippen molar-refractivity contribution in [1.82, 2.24) is 0 Å². The summed E-state index contributed by atoms with van der Waals surface area (Å²) in [4.78, 5) is 19.3. The highest BCUT2D eigenvalue weighted by Crippen LogP contribution is 2.16. The summed E-state index contributed by atoms with van der Waals surface area (Å²) >= 11 is 0. The molecular formula is C12H12O4Si. The fourth-order valence-electron chi connectivity index (χ4n) is 1.30. The Labute approximate surface area is 100 Å². The molecule has 2 aromatic rings. The highest BCUT2D eigenvalue weighted by molar-refractivity contribution is 6.52. The van der Waals surface area contributed by atoms with Gasteiger partial charge in [0.25, 0.3) is 0 Å². The summed E-state index contributed by atoms with van der Waals surface area (Å²) in [6.07, 6.45) is 0. The standard InChI is InChI=1S/C12H12O4Si/c13-17(14,15-11-7-3-1-4-8-11)16-12-9-5-2-6-10-12/h1-10,13-14H. The third-order valence-corrected chi connectivity index (χ3v) is 2.99. The van der Waals surface area contributed by atoms with E-state index < -0.39 is 9.05 Å². The van der Waals surface area contributed by atoms with Crippen LogP contribution in [-0.2, 0) is 0 Å². The van der Waals surface area contributed by atoms with Gasteiger partial charge in [0.05, 0.1) is 0 Å². The van der Waals surface area contributed by atoms with E-state index >= 15 is 0 Å². The zero-order valence-electron chi connectivity index (χ0n) is 8.98. The van der Waals surface area contributed by atoms with Gasteiger partial charge < -0.3 is 18.4 Å². The SMILES string of the molecule is O[Si](O)(Oc1ccccc1)Oc1ccccc1. The molecule has 0 aliphatic heterocycles. The van der Waals surface area contributed by atoms with Crippen LogP contribution >= 0.6 is 0 Å². The Morgan fingerprint density at radius 1 is 0.647 bits per heavy atom. The number of hydrogen-bond acceptors (Lipinski definition) is 4. The van der Waals surface area contributed by atoms with Crippen molar-refractivity contribution in [3.05, 3.63) is 60.7 Å². The number of hydrogen-bond donors (Lipinski definition) is 2. The van der Waals surface area contributed by atoms with Gasteiger partial charge in [-0.1, -0.05) is 36.4 Å². The molecule has 88 valence electrons. The minimum atomic E-state index is -4.18. The van der Waals surface area contributed by atoms with Gasteiger partial charge >= 0.3 is 9.05 Å². The molecule has 0 aliphatic rings. The molecule has 0 spiro atoms. The van der Waals surface area contributed by atoms with Crippen molar-refractivity contribution in [2.24, 2.45) is 0 Å². The highest BCUT2D eigenvalue weighted by Gasteiger charge is 2.42. The molecule has 0 bridgehead atoms. The van der Waals surface area contributed by atoms with Gasteiger partial charge in [0.1, 0.15) is 11.5 Å². The Morgan fingerprint density at radius 2 is 1.00 bits per heavy atom. The molecule has 4 nitrogen and oxygen atoms in total. The van der Waals surface area contributed by atoms with Gasteiger partial charge in [-0.15, -0.1) is 0 Å². The third kappa shape index (κ3) is 3.60. The Hall–Kier alpha value is -1.82. The largest absolute Gasteiger partial charge is 0.815 e. The maximum atomic E-state index is 9.67. The Morgan fingerprint density at radius 3 is 1.35 bits per heavy atom. The molecule has 0 saturated carbocycles. The van der Waals surface area contributed by atoms with Gasteiger partial charge in [-0.2, -0.15) is 0 Å². The van der Waals surface area contributed by atoms with Crippen LogP contribution in [0, 0.1) is 0 Å². The van der Waals surface area contributed by atoms with E-state index in [9.17, 15) is 9.59 Å². The molecule has 5 heteroatoms. The molecule has 0 unspecified atom stereocenters. The van der Waals surface area contributed by atoms with E-state index in [2.05, 4.69) is 0 Å². The fraction of sp³-hybridized carbons (Fsp3) is 0. The second-order valence-corrected chi connectivity index (χ2v) is 4.88. The molecular weight excluding hydrogens is 236 g/mol. The number of benzene rings is 2. The predicted molar refractivity (Wildman–Crippen MR) is 64.3 cm³/mol. The molecule has 0 aromatic heterocycles. The fourth-order valence-corrected chi connectivity index (χ4v) is 2.23. The molecule has 0 amide bonds. The average molecular weight is 248 g/mol. The molecule has 17 heavy (non-hydrogen) atoms. The Bertz CT molecular complexity index is 415. The monoisotopic (exact) mass is 248 g/mol. The van der Waals surface area contributed by atoms with Crippen LogP contribution in [0.2, 0.25) is 0 Å². The molecule has 2 N–H and O–H groups in total. The summed E-state index contributed by atoms with van der Waals surface area (Å²) < 4.78 is 10.1. The van der Waals surface area contributed by atoms with E-state index in [1.165, 1.54) is 0 Å². The molecule has 0 fully saturated rings. The molecule has 0 aliphatic carbocycles. The predicted octanol–water partition coefficient (Wildman–Crippen LogP) is 1.56. The van der Waals surface area contributed by atoms with Crippen LogP contribution in [0.15, 0.2) is 60.7 Å². The van der Waals surface area contributed by atoms with Crippen molar-refractivity contribution < 1.29 is 18.4 Å². The van der Waals surface area contributed by atoms with Gasteiger partial charge in [-0.05, 0) is 24.3 Å². The highest BCUT2D eigenvalue weighted by atomic mass is 28.4. The second-order valence-electron chi connectivity index (χ2n) is 3.38. The molecule has 2 rings (SSSR count). The average Bonchev–Trinajstić information content (AvgIpc) is 2.30. The van der Waals surface area contributed by atoms with Crippen LogP contribution in [0.1, 0.15) is 0 Å². The van der Waals surface area contributed by atoms with Gasteiger partial charge in [0, 0.05) is 0 Å². The summed E-state index contributed by atoms with van der Waals surface area (Å²) in [5, 5.41) is 0. The molecule has 0 heterocycles. The smallest absolute Gasteiger partial charge is 0.471 e. The van der Waals surface area contributed by atoms with Crippen LogP contribution in [0.5, 0.6) is 11.5 Å². The normalized spacial score (nSPS) is 10.9. The van der Waals surface area contributed by atoms with Crippen molar-refractivity contribution in [1.29, 1.82) is 0 Å². The van der Waals surface area contributed by atoms with Crippen molar-refractivity contribution in [2.45, 2.75) is 0 Å². The van der Waals surface area contributed by atoms with E-state index in [1.807, 2.05) is 12.1 Å². The zero-order chi connectivity index (χ0) is 12.1. The van der Waals surface area contributed by atoms with Crippen LogP contribution in [-0.4, -0.2) is 18.6 Å². The van der Waals surface area contributed by atoms with E-state index in [0.717, 1.165) is 0 Å². The molecule has 2 aromatic carbocycles. The Balaban J connectivity index is 2.04. The summed E-state index contributed by atoms with van der Waals surface area (Å²) in [6, 6.07) is 17.1. The molecule has 0 radical (unpaired) electrons. The van der Waals surface area contributed by atoms with E-state index in [0.29, 0.717) is 11.5 Å². The summed E-state index contributed by atoms with van der Waals surface area (Å²) in [5.41, 5.74) is 0. The van der Waals surface area contributed by atoms with Gasteiger partial charge in [0.2, 0.25) is 0 Å². The van der Waals surface area contributed by atoms with Crippen LogP contribution in [0.4, 0.5) is 0 Å². The minimum absolute atomic E-state index is 0.361. The lowest BCUT2D eigenvalue weighted by atomic mass is 10.3. The minimum Gasteiger partial charge on any atom is -0.471 e. The van der Waals surface area contributed by atoms with E-state index in [4.69, 9.17) is 8.85 Å². The topological polar surface area (TPSA) is 58.9 Å².